The standard InChI is InChI=1S/C16H19NO7S/c1-23-14-8-11(2-4-13(14)18)3-5-16(20)24-9-15(19)17-12-6-7-25(21,22)10-12/h2-5,8,12,18H,6-7,9-10H2,1H3,(H,17,19)/b5-3+/t12-/m1/s1. The molecule has 0 aliphatic carbocycles. The fourth-order valence-electron chi connectivity index (χ4n) is 2.33. The van der Waals surface area contributed by atoms with E-state index in [1.807, 2.05) is 0 Å². The van der Waals surface area contributed by atoms with E-state index in [1.54, 1.807) is 6.07 Å². The van der Waals surface area contributed by atoms with E-state index in [0.29, 0.717) is 12.0 Å². The second kappa shape index (κ2) is 8.02. The minimum absolute atomic E-state index is 0.0205. The Kier molecular flexibility index (Phi) is 6.02. The van der Waals surface area contributed by atoms with Crippen LogP contribution in [0.2, 0.25) is 0 Å². The molecule has 1 aromatic carbocycles. The lowest BCUT2D eigenvalue weighted by Crippen LogP contribution is -2.38. The van der Waals surface area contributed by atoms with E-state index in [9.17, 15) is 23.1 Å². The van der Waals surface area contributed by atoms with Crippen molar-refractivity contribution in [2.24, 2.45) is 0 Å². The van der Waals surface area contributed by atoms with E-state index in [2.05, 4.69) is 5.32 Å². The molecule has 2 N–H and O–H groups in total. The second-order valence-electron chi connectivity index (χ2n) is 5.54. The van der Waals surface area contributed by atoms with Gasteiger partial charge in [0.25, 0.3) is 5.91 Å². The molecule has 1 aromatic rings. The predicted molar refractivity (Wildman–Crippen MR) is 89.9 cm³/mol. The Morgan fingerprint density at radius 3 is 2.80 bits per heavy atom. The molecule has 1 amide bonds. The molecule has 0 spiro atoms. The molecule has 0 aromatic heterocycles. The Morgan fingerprint density at radius 1 is 1.40 bits per heavy atom. The maximum atomic E-state index is 11.7. The Bertz CT molecular complexity index is 786. The first-order valence-corrected chi connectivity index (χ1v) is 9.33. The lowest BCUT2D eigenvalue weighted by atomic mass is 10.2. The summed E-state index contributed by atoms with van der Waals surface area (Å²) in [7, 11) is -1.67. The van der Waals surface area contributed by atoms with Gasteiger partial charge in [-0.15, -0.1) is 0 Å². The Hall–Kier alpha value is -2.55. The number of nitrogens with one attached hydrogen (secondary N) is 1. The zero-order valence-corrected chi connectivity index (χ0v) is 14.4. The van der Waals surface area contributed by atoms with Crippen LogP contribution in [0.25, 0.3) is 6.08 Å². The average Bonchev–Trinajstić information content (AvgIpc) is 2.90. The maximum absolute atomic E-state index is 11.7. The number of methoxy groups -OCH3 is 1. The van der Waals surface area contributed by atoms with Crippen LogP contribution in [0.5, 0.6) is 11.5 Å². The van der Waals surface area contributed by atoms with Crippen molar-refractivity contribution in [3.8, 4) is 11.5 Å². The van der Waals surface area contributed by atoms with E-state index in [0.717, 1.165) is 6.08 Å². The van der Waals surface area contributed by atoms with Gasteiger partial charge in [-0.1, -0.05) is 6.07 Å². The molecule has 8 nitrogen and oxygen atoms in total. The summed E-state index contributed by atoms with van der Waals surface area (Å²) in [5.41, 5.74) is 0.604. The van der Waals surface area contributed by atoms with E-state index in [1.165, 1.54) is 25.3 Å². The number of phenolic OH excluding ortho intramolecular Hbond substituents is 1. The van der Waals surface area contributed by atoms with Crippen molar-refractivity contribution < 1.29 is 32.6 Å². The van der Waals surface area contributed by atoms with Gasteiger partial charge < -0.3 is 19.9 Å². The Labute approximate surface area is 145 Å². The number of rotatable bonds is 6. The fraction of sp³-hybridized carbons (Fsp3) is 0.375. The Balaban J connectivity index is 1.79. The number of hydrogen-bond donors (Lipinski definition) is 2. The topological polar surface area (TPSA) is 119 Å². The predicted octanol–water partition coefficient (Wildman–Crippen LogP) is 0.261. The van der Waals surface area contributed by atoms with Crippen molar-refractivity contribution in [2.45, 2.75) is 12.5 Å². The second-order valence-corrected chi connectivity index (χ2v) is 7.77. The molecule has 1 fully saturated rings. The number of carbonyl (C=O) groups is 2. The summed E-state index contributed by atoms with van der Waals surface area (Å²) >= 11 is 0. The summed E-state index contributed by atoms with van der Waals surface area (Å²) in [6.07, 6.45) is 2.95. The quantitative estimate of drug-likeness (QED) is 0.545. The molecule has 0 bridgehead atoms. The molecular formula is C16H19NO7S. The minimum Gasteiger partial charge on any atom is -0.504 e. The lowest BCUT2D eigenvalue weighted by Gasteiger charge is -2.10. The summed E-state index contributed by atoms with van der Waals surface area (Å²) in [4.78, 5) is 23.3. The lowest BCUT2D eigenvalue weighted by molar-refractivity contribution is -0.143. The summed E-state index contributed by atoms with van der Waals surface area (Å²) in [5.74, 6) is -1.06. The van der Waals surface area contributed by atoms with Crippen molar-refractivity contribution in [3.05, 3.63) is 29.8 Å². The highest BCUT2D eigenvalue weighted by Gasteiger charge is 2.28. The zero-order valence-electron chi connectivity index (χ0n) is 13.6. The van der Waals surface area contributed by atoms with Gasteiger partial charge in [-0.2, -0.15) is 0 Å². The first kappa shape index (κ1) is 18.8. The van der Waals surface area contributed by atoms with Gasteiger partial charge in [-0.25, -0.2) is 13.2 Å². The average molecular weight is 369 g/mol. The molecule has 0 unspecified atom stereocenters. The van der Waals surface area contributed by atoms with Gasteiger partial charge in [-0.05, 0) is 30.2 Å². The number of amides is 1. The van der Waals surface area contributed by atoms with Crippen LogP contribution in [-0.4, -0.2) is 56.7 Å². The number of benzene rings is 1. The SMILES string of the molecule is COc1cc(/C=C/C(=O)OCC(=O)N[C@@H]2CCS(=O)(=O)C2)ccc1O. The normalized spacial score (nSPS) is 18.8. The summed E-state index contributed by atoms with van der Waals surface area (Å²) in [5, 5.41) is 12.0. The number of aromatic hydroxyl groups is 1. The van der Waals surface area contributed by atoms with Crippen molar-refractivity contribution in [2.75, 3.05) is 25.2 Å². The van der Waals surface area contributed by atoms with Gasteiger partial charge in [0, 0.05) is 12.1 Å². The van der Waals surface area contributed by atoms with Crippen molar-refractivity contribution in [1.29, 1.82) is 0 Å². The minimum atomic E-state index is -3.08. The van der Waals surface area contributed by atoms with Crippen LogP contribution >= 0.6 is 0 Å². The largest absolute Gasteiger partial charge is 0.504 e. The molecule has 1 aliphatic rings. The van der Waals surface area contributed by atoms with E-state index < -0.39 is 34.4 Å². The third kappa shape index (κ3) is 5.79. The molecule has 2 rings (SSSR count). The van der Waals surface area contributed by atoms with Crippen LogP contribution in [0.1, 0.15) is 12.0 Å². The third-order valence-corrected chi connectivity index (χ3v) is 5.33. The first-order valence-electron chi connectivity index (χ1n) is 7.51. The summed E-state index contributed by atoms with van der Waals surface area (Å²) < 4.78 is 32.4. The smallest absolute Gasteiger partial charge is 0.331 e. The van der Waals surface area contributed by atoms with Gasteiger partial charge in [0.2, 0.25) is 0 Å². The number of sulfone groups is 1. The Morgan fingerprint density at radius 2 is 2.16 bits per heavy atom. The van der Waals surface area contributed by atoms with E-state index in [-0.39, 0.29) is 23.0 Å². The highest BCUT2D eigenvalue weighted by atomic mass is 32.2. The van der Waals surface area contributed by atoms with Gasteiger partial charge in [-0.3, -0.25) is 4.79 Å². The molecule has 1 saturated heterocycles. The third-order valence-electron chi connectivity index (χ3n) is 3.56. The van der Waals surface area contributed by atoms with Gasteiger partial charge >= 0.3 is 5.97 Å². The maximum Gasteiger partial charge on any atom is 0.331 e. The monoisotopic (exact) mass is 369 g/mol. The highest BCUT2D eigenvalue weighted by molar-refractivity contribution is 7.91. The zero-order chi connectivity index (χ0) is 18.4. The van der Waals surface area contributed by atoms with Gasteiger partial charge in [0.1, 0.15) is 0 Å². The number of carbonyl (C=O) groups excluding carboxylic acids is 2. The molecule has 0 saturated carbocycles. The number of hydrogen-bond acceptors (Lipinski definition) is 7. The number of ether oxygens (including phenoxy) is 2. The van der Waals surface area contributed by atoms with Gasteiger partial charge in [0.15, 0.2) is 27.9 Å². The van der Waals surface area contributed by atoms with Crippen molar-refractivity contribution in [3.63, 3.8) is 0 Å². The van der Waals surface area contributed by atoms with Gasteiger partial charge in [0.05, 0.1) is 18.6 Å². The van der Waals surface area contributed by atoms with Crippen LogP contribution in [0, 0.1) is 0 Å². The molecule has 136 valence electrons. The molecule has 1 aliphatic heterocycles. The van der Waals surface area contributed by atoms with Crippen LogP contribution in [0.3, 0.4) is 0 Å². The highest BCUT2D eigenvalue weighted by Crippen LogP contribution is 2.26. The van der Waals surface area contributed by atoms with Crippen LogP contribution in [0.15, 0.2) is 24.3 Å². The fourth-order valence-corrected chi connectivity index (χ4v) is 4.00. The van der Waals surface area contributed by atoms with Crippen LogP contribution in [0.4, 0.5) is 0 Å². The molecule has 9 heteroatoms. The van der Waals surface area contributed by atoms with E-state index in [4.69, 9.17) is 9.47 Å². The molecule has 1 heterocycles. The van der Waals surface area contributed by atoms with Crippen molar-refractivity contribution in [1.82, 2.24) is 5.32 Å². The molecule has 1 atom stereocenters. The number of esters is 1. The molecular weight excluding hydrogens is 350 g/mol. The van der Waals surface area contributed by atoms with Crippen LogP contribution in [-0.2, 0) is 24.2 Å². The van der Waals surface area contributed by atoms with E-state index >= 15 is 0 Å². The number of phenols is 1. The molecule has 25 heavy (non-hydrogen) atoms. The summed E-state index contributed by atoms with van der Waals surface area (Å²) in [6.45, 7) is -0.487. The molecule has 0 radical (unpaired) electrons. The van der Waals surface area contributed by atoms with Crippen LogP contribution < -0.4 is 10.1 Å². The summed E-state index contributed by atoms with van der Waals surface area (Å²) in [6, 6.07) is 4.10. The van der Waals surface area contributed by atoms with Crippen molar-refractivity contribution >= 4 is 27.8 Å². The first-order chi connectivity index (χ1) is 11.8.